The molecule has 0 aliphatic rings. The van der Waals surface area contributed by atoms with Crippen LogP contribution >= 0.6 is 11.6 Å². The molecule has 0 N–H and O–H groups in total. The van der Waals surface area contributed by atoms with Crippen LogP contribution in [0.5, 0.6) is 0 Å². The van der Waals surface area contributed by atoms with E-state index in [2.05, 4.69) is 0 Å². The standard InChI is InChI=1S/C16H8ClNO5/c17-11-4-5-14-10(6-11)8-13(16(20)23-14)15(19)9-2-1-3-12(7-9)18(21)22/h1-8H. The summed E-state index contributed by atoms with van der Waals surface area (Å²) in [6.45, 7) is 0. The molecule has 7 heteroatoms. The van der Waals surface area contributed by atoms with Gasteiger partial charge in [0.15, 0.2) is 0 Å². The monoisotopic (exact) mass is 329 g/mol. The first-order valence-electron chi connectivity index (χ1n) is 6.48. The predicted molar refractivity (Wildman–Crippen MR) is 84.0 cm³/mol. The van der Waals surface area contributed by atoms with E-state index in [0.29, 0.717) is 16.0 Å². The average Bonchev–Trinajstić information content (AvgIpc) is 2.54. The molecule has 0 aliphatic heterocycles. The smallest absolute Gasteiger partial charge is 0.347 e. The van der Waals surface area contributed by atoms with Crippen molar-refractivity contribution in [3.8, 4) is 0 Å². The number of non-ortho nitro benzene ring substituents is 1. The number of nitrogens with zero attached hydrogens (tertiary/aromatic N) is 1. The maximum absolute atomic E-state index is 12.5. The highest BCUT2D eigenvalue weighted by atomic mass is 35.5. The van der Waals surface area contributed by atoms with Gasteiger partial charge in [0.25, 0.3) is 5.69 Å². The molecule has 0 fully saturated rings. The predicted octanol–water partition coefficient (Wildman–Crippen LogP) is 3.59. The zero-order valence-electron chi connectivity index (χ0n) is 11.5. The van der Waals surface area contributed by atoms with Gasteiger partial charge in [-0.1, -0.05) is 23.7 Å². The number of rotatable bonds is 3. The summed E-state index contributed by atoms with van der Waals surface area (Å²) >= 11 is 5.88. The molecule has 114 valence electrons. The lowest BCUT2D eigenvalue weighted by molar-refractivity contribution is -0.384. The Morgan fingerprint density at radius 3 is 2.65 bits per heavy atom. The molecule has 3 aromatic rings. The summed E-state index contributed by atoms with van der Waals surface area (Å²) < 4.78 is 5.10. The Hall–Kier alpha value is -2.99. The van der Waals surface area contributed by atoms with Crippen molar-refractivity contribution >= 4 is 34.0 Å². The van der Waals surface area contributed by atoms with Crippen LogP contribution < -0.4 is 5.63 Å². The number of fused-ring (bicyclic) bond motifs is 1. The molecular formula is C16H8ClNO5. The van der Waals surface area contributed by atoms with Gasteiger partial charge in [-0.25, -0.2) is 4.79 Å². The summed E-state index contributed by atoms with van der Waals surface area (Å²) in [7, 11) is 0. The van der Waals surface area contributed by atoms with E-state index in [4.69, 9.17) is 16.0 Å². The summed E-state index contributed by atoms with van der Waals surface area (Å²) in [6.07, 6.45) is 0. The van der Waals surface area contributed by atoms with Crippen LogP contribution in [0.4, 0.5) is 5.69 Å². The lowest BCUT2D eigenvalue weighted by atomic mass is 10.0. The van der Waals surface area contributed by atoms with E-state index in [-0.39, 0.29) is 16.8 Å². The van der Waals surface area contributed by atoms with Gasteiger partial charge in [-0.05, 0) is 24.3 Å². The number of benzene rings is 2. The molecule has 0 unspecified atom stereocenters. The summed E-state index contributed by atoms with van der Waals surface area (Å²) in [4.78, 5) is 34.6. The number of hydrogen-bond acceptors (Lipinski definition) is 5. The Kier molecular flexibility index (Phi) is 3.67. The van der Waals surface area contributed by atoms with Gasteiger partial charge in [0.2, 0.25) is 5.78 Å². The second-order valence-corrected chi connectivity index (χ2v) is 5.20. The van der Waals surface area contributed by atoms with Crippen molar-refractivity contribution in [2.75, 3.05) is 0 Å². The van der Waals surface area contributed by atoms with Crippen molar-refractivity contribution < 1.29 is 14.1 Å². The number of carbonyl (C=O) groups excluding carboxylic acids is 1. The van der Waals surface area contributed by atoms with Crippen molar-refractivity contribution in [2.24, 2.45) is 0 Å². The quantitative estimate of drug-likeness (QED) is 0.317. The zero-order valence-corrected chi connectivity index (χ0v) is 12.2. The largest absolute Gasteiger partial charge is 0.422 e. The first-order chi connectivity index (χ1) is 11.0. The van der Waals surface area contributed by atoms with E-state index in [1.165, 1.54) is 30.3 Å². The van der Waals surface area contributed by atoms with Crippen LogP contribution in [0.2, 0.25) is 5.02 Å². The van der Waals surface area contributed by atoms with E-state index < -0.39 is 16.3 Å². The highest BCUT2D eigenvalue weighted by molar-refractivity contribution is 6.31. The van der Waals surface area contributed by atoms with E-state index in [9.17, 15) is 19.7 Å². The molecule has 0 aliphatic carbocycles. The molecule has 0 amide bonds. The van der Waals surface area contributed by atoms with Crippen LogP contribution in [0.3, 0.4) is 0 Å². The molecule has 1 heterocycles. The third-order valence-corrected chi connectivity index (χ3v) is 3.49. The van der Waals surface area contributed by atoms with Gasteiger partial charge in [-0.2, -0.15) is 0 Å². The first-order valence-corrected chi connectivity index (χ1v) is 6.86. The van der Waals surface area contributed by atoms with Crippen molar-refractivity contribution in [1.29, 1.82) is 0 Å². The third kappa shape index (κ3) is 2.84. The van der Waals surface area contributed by atoms with Crippen molar-refractivity contribution in [1.82, 2.24) is 0 Å². The van der Waals surface area contributed by atoms with Crippen LogP contribution in [0.1, 0.15) is 15.9 Å². The number of carbonyl (C=O) groups is 1. The third-order valence-electron chi connectivity index (χ3n) is 3.26. The maximum Gasteiger partial charge on any atom is 0.347 e. The van der Waals surface area contributed by atoms with Gasteiger partial charge in [0, 0.05) is 28.1 Å². The summed E-state index contributed by atoms with van der Waals surface area (Å²) in [5, 5.41) is 11.7. The molecule has 0 radical (unpaired) electrons. The summed E-state index contributed by atoms with van der Waals surface area (Å²) in [5.74, 6) is -0.649. The minimum atomic E-state index is -0.809. The highest BCUT2D eigenvalue weighted by Crippen LogP contribution is 2.21. The Bertz CT molecular complexity index is 1010. The van der Waals surface area contributed by atoms with Crippen LogP contribution in [0.25, 0.3) is 11.0 Å². The van der Waals surface area contributed by atoms with Gasteiger partial charge in [0.05, 0.1) is 4.92 Å². The fourth-order valence-corrected chi connectivity index (χ4v) is 2.35. The normalized spacial score (nSPS) is 10.7. The fourth-order valence-electron chi connectivity index (χ4n) is 2.17. The van der Waals surface area contributed by atoms with Crippen molar-refractivity contribution in [2.45, 2.75) is 0 Å². The number of nitro groups is 1. The van der Waals surface area contributed by atoms with Crippen molar-refractivity contribution in [3.63, 3.8) is 0 Å². The lowest BCUT2D eigenvalue weighted by Crippen LogP contribution is -2.14. The molecule has 0 saturated carbocycles. The summed E-state index contributed by atoms with van der Waals surface area (Å²) in [5.41, 5.74) is -0.913. The molecule has 3 rings (SSSR count). The van der Waals surface area contributed by atoms with E-state index >= 15 is 0 Å². The van der Waals surface area contributed by atoms with E-state index in [0.717, 1.165) is 6.07 Å². The molecular weight excluding hydrogens is 322 g/mol. The number of halogens is 1. The number of nitro benzene ring substituents is 1. The second-order valence-electron chi connectivity index (χ2n) is 4.77. The van der Waals surface area contributed by atoms with E-state index in [1.54, 1.807) is 12.1 Å². The number of hydrogen-bond donors (Lipinski definition) is 0. The fraction of sp³-hybridized carbons (Fsp3) is 0. The molecule has 6 nitrogen and oxygen atoms in total. The van der Waals surface area contributed by atoms with Crippen LogP contribution in [0, 0.1) is 10.1 Å². The zero-order chi connectivity index (χ0) is 16.6. The van der Waals surface area contributed by atoms with Gasteiger partial charge >= 0.3 is 5.63 Å². The minimum Gasteiger partial charge on any atom is -0.422 e. The molecule has 23 heavy (non-hydrogen) atoms. The summed E-state index contributed by atoms with van der Waals surface area (Å²) in [6, 6.07) is 11.2. The van der Waals surface area contributed by atoms with Crippen LogP contribution in [-0.4, -0.2) is 10.7 Å². The van der Waals surface area contributed by atoms with Crippen LogP contribution in [-0.2, 0) is 0 Å². The lowest BCUT2D eigenvalue weighted by Gasteiger charge is -2.03. The molecule has 1 aromatic heterocycles. The van der Waals surface area contributed by atoms with E-state index in [1.807, 2.05) is 0 Å². The van der Waals surface area contributed by atoms with Gasteiger partial charge in [-0.3, -0.25) is 14.9 Å². The SMILES string of the molecule is O=C(c1cccc([N+](=O)[O-])c1)c1cc2cc(Cl)ccc2oc1=O. The Balaban J connectivity index is 2.14. The minimum absolute atomic E-state index is 0.0351. The molecule has 2 aromatic carbocycles. The maximum atomic E-state index is 12.5. The Labute approximate surface area is 134 Å². The Morgan fingerprint density at radius 2 is 1.91 bits per heavy atom. The molecule has 0 atom stereocenters. The highest BCUT2D eigenvalue weighted by Gasteiger charge is 2.18. The topological polar surface area (TPSA) is 90.4 Å². The second kappa shape index (κ2) is 5.66. The molecule has 0 saturated heterocycles. The Morgan fingerprint density at radius 1 is 1.13 bits per heavy atom. The number of ketones is 1. The molecule has 0 bridgehead atoms. The van der Waals surface area contributed by atoms with Gasteiger partial charge in [-0.15, -0.1) is 0 Å². The van der Waals surface area contributed by atoms with Gasteiger partial charge < -0.3 is 4.42 Å². The first kappa shape index (κ1) is 14.9. The molecule has 0 spiro atoms. The van der Waals surface area contributed by atoms with Crippen LogP contribution in [0.15, 0.2) is 57.7 Å². The van der Waals surface area contributed by atoms with Crippen molar-refractivity contribution in [3.05, 3.63) is 85.2 Å². The average molecular weight is 330 g/mol. The van der Waals surface area contributed by atoms with Gasteiger partial charge in [0.1, 0.15) is 11.1 Å².